The van der Waals surface area contributed by atoms with E-state index in [-0.39, 0.29) is 0 Å². The largest absolute Gasteiger partial charge is 0.483 e. The molecule has 0 spiro atoms. The summed E-state index contributed by atoms with van der Waals surface area (Å²) in [4.78, 5) is 23.8. The smallest absolute Gasteiger partial charge is 0.408 e. The number of thioether (sulfide) groups is 1. The van der Waals surface area contributed by atoms with Gasteiger partial charge in [-0.25, -0.2) is 9.59 Å². The van der Waals surface area contributed by atoms with Gasteiger partial charge in [-0.2, -0.15) is 0 Å². The minimum Gasteiger partial charge on any atom is -0.483 e. The van der Waals surface area contributed by atoms with Gasteiger partial charge in [0.2, 0.25) is 0 Å². The standard InChI is InChI=1S/C17H25NO5S/c1-17(2,3)23-16(20)18-14(15(19)21-4)10-12-6-8-13(9-7-12)22-11-24-5/h6-9,14H,10-11H2,1-5H3,(H,18,20)/t14-/m1/s1. The number of methoxy groups -OCH3 is 1. The zero-order valence-electron chi connectivity index (χ0n) is 14.8. The van der Waals surface area contributed by atoms with E-state index in [2.05, 4.69) is 5.32 Å². The maximum Gasteiger partial charge on any atom is 0.408 e. The predicted molar refractivity (Wildman–Crippen MR) is 94.3 cm³/mol. The lowest BCUT2D eigenvalue weighted by Crippen LogP contribution is -2.45. The van der Waals surface area contributed by atoms with Crippen molar-refractivity contribution < 1.29 is 23.8 Å². The highest BCUT2D eigenvalue weighted by molar-refractivity contribution is 7.98. The average Bonchev–Trinajstić information content (AvgIpc) is 2.51. The molecule has 0 radical (unpaired) electrons. The van der Waals surface area contributed by atoms with Crippen LogP contribution < -0.4 is 10.1 Å². The highest BCUT2D eigenvalue weighted by Gasteiger charge is 2.25. The summed E-state index contributed by atoms with van der Waals surface area (Å²) in [5, 5.41) is 2.55. The molecule has 1 N–H and O–H groups in total. The number of esters is 1. The lowest BCUT2D eigenvalue weighted by atomic mass is 10.1. The number of benzene rings is 1. The maximum atomic E-state index is 11.9. The van der Waals surface area contributed by atoms with Gasteiger partial charge in [0.25, 0.3) is 0 Å². The molecule has 1 aromatic carbocycles. The zero-order valence-corrected chi connectivity index (χ0v) is 15.6. The Hall–Kier alpha value is -1.89. The molecule has 0 bridgehead atoms. The van der Waals surface area contributed by atoms with Gasteiger partial charge in [0.05, 0.1) is 7.11 Å². The minimum absolute atomic E-state index is 0.300. The molecule has 1 rings (SSSR count). The Morgan fingerprint density at radius 3 is 2.33 bits per heavy atom. The fraction of sp³-hybridized carbons (Fsp3) is 0.529. The zero-order chi connectivity index (χ0) is 18.2. The van der Waals surface area contributed by atoms with Crippen molar-refractivity contribution in [2.24, 2.45) is 0 Å². The number of nitrogens with one attached hydrogen (secondary N) is 1. The number of amides is 1. The van der Waals surface area contributed by atoms with Crippen LogP contribution in [0.25, 0.3) is 0 Å². The summed E-state index contributed by atoms with van der Waals surface area (Å²) in [5.74, 6) is 0.802. The third-order valence-corrected chi connectivity index (χ3v) is 3.24. The van der Waals surface area contributed by atoms with Gasteiger partial charge in [-0.05, 0) is 44.7 Å². The van der Waals surface area contributed by atoms with Crippen molar-refractivity contribution in [2.45, 2.75) is 38.8 Å². The monoisotopic (exact) mass is 355 g/mol. The first kappa shape index (κ1) is 20.2. The van der Waals surface area contributed by atoms with Crippen LogP contribution in [-0.2, 0) is 20.7 Å². The summed E-state index contributed by atoms with van der Waals surface area (Å²) in [6.07, 6.45) is 1.60. The molecule has 0 heterocycles. The molecule has 1 atom stereocenters. The SMILES string of the molecule is COC(=O)[C@@H](Cc1ccc(OCSC)cc1)NC(=O)OC(C)(C)C. The van der Waals surface area contributed by atoms with Crippen molar-refractivity contribution in [3.8, 4) is 5.75 Å². The van der Waals surface area contributed by atoms with Gasteiger partial charge in [-0.15, -0.1) is 11.8 Å². The van der Waals surface area contributed by atoms with Crippen molar-refractivity contribution in [3.05, 3.63) is 29.8 Å². The molecule has 0 saturated carbocycles. The van der Waals surface area contributed by atoms with E-state index in [0.717, 1.165) is 11.3 Å². The number of hydrogen-bond donors (Lipinski definition) is 1. The van der Waals surface area contributed by atoms with Gasteiger partial charge in [-0.1, -0.05) is 12.1 Å². The first-order valence-electron chi connectivity index (χ1n) is 7.53. The van der Waals surface area contributed by atoms with Gasteiger partial charge in [0.1, 0.15) is 23.3 Å². The molecule has 24 heavy (non-hydrogen) atoms. The Labute approximate surface area is 147 Å². The fourth-order valence-corrected chi connectivity index (χ4v) is 2.12. The summed E-state index contributed by atoms with van der Waals surface area (Å²) < 4.78 is 15.4. The Morgan fingerprint density at radius 2 is 1.83 bits per heavy atom. The molecule has 7 heteroatoms. The maximum absolute atomic E-state index is 11.9. The second-order valence-corrected chi connectivity index (χ2v) is 6.93. The minimum atomic E-state index is -0.817. The molecule has 1 amide bonds. The molecule has 0 saturated heterocycles. The lowest BCUT2D eigenvalue weighted by molar-refractivity contribution is -0.143. The lowest BCUT2D eigenvalue weighted by Gasteiger charge is -2.22. The predicted octanol–water partition coefficient (Wildman–Crippen LogP) is 2.99. The van der Waals surface area contributed by atoms with Crippen LogP contribution >= 0.6 is 11.8 Å². The van der Waals surface area contributed by atoms with Crippen LogP contribution in [0.2, 0.25) is 0 Å². The van der Waals surface area contributed by atoms with Crippen LogP contribution in [0, 0.1) is 0 Å². The van der Waals surface area contributed by atoms with E-state index in [1.807, 2.05) is 30.5 Å². The van der Waals surface area contributed by atoms with Crippen molar-refractivity contribution in [1.82, 2.24) is 5.32 Å². The van der Waals surface area contributed by atoms with Crippen LogP contribution in [0.3, 0.4) is 0 Å². The Bertz CT molecular complexity index is 539. The van der Waals surface area contributed by atoms with Crippen molar-refractivity contribution >= 4 is 23.8 Å². The summed E-state index contributed by atoms with van der Waals surface area (Å²) in [7, 11) is 1.28. The fourth-order valence-electron chi connectivity index (χ4n) is 1.87. The van der Waals surface area contributed by atoms with E-state index in [0.29, 0.717) is 12.4 Å². The molecule has 134 valence electrons. The van der Waals surface area contributed by atoms with E-state index in [9.17, 15) is 9.59 Å². The van der Waals surface area contributed by atoms with Gasteiger partial charge in [-0.3, -0.25) is 0 Å². The molecule has 0 aliphatic heterocycles. The van der Waals surface area contributed by atoms with Crippen LogP contribution in [0.4, 0.5) is 4.79 Å². The molecule has 0 unspecified atom stereocenters. The molecule has 1 aromatic rings. The molecule has 0 aliphatic rings. The van der Waals surface area contributed by atoms with Crippen molar-refractivity contribution in [3.63, 3.8) is 0 Å². The van der Waals surface area contributed by atoms with Crippen LogP contribution in [-0.4, -0.2) is 43.0 Å². The third kappa shape index (κ3) is 7.59. The first-order chi connectivity index (χ1) is 11.2. The number of alkyl carbamates (subject to hydrolysis) is 1. The summed E-state index contributed by atoms with van der Waals surface area (Å²) in [6.45, 7) is 5.27. The quantitative estimate of drug-likeness (QED) is 0.599. The van der Waals surface area contributed by atoms with E-state index >= 15 is 0 Å². The molecule has 0 aliphatic carbocycles. The Kier molecular flexibility index (Phi) is 7.91. The van der Waals surface area contributed by atoms with Crippen LogP contribution in [0.5, 0.6) is 5.75 Å². The third-order valence-electron chi connectivity index (χ3n) is 2.88. The van der Waals surface area contributed by atoms with E-state index in [1.54, 1.807) is 32.5 Å². The van der Waals surface area contributed by atoms with E-state index in [1.165, 1.54) is 7.11 Å². The summed E-state index contributed by atoms with van der Waals surface area (Å²) in [5.41, 5.74) is 0.235. The van der Waals surface area contributed by atoms with Gasteiger partial charge in [0.15, 0.2) is 0 Å². The highest BCUT2D eigenvalue weighted by Crippen LogP contribution is 2.15. The second kappa shape index (κ2) is 9.42. The van der Waals surface area contributed by atoms with Crippen molar-refractivity contribution in [1.29, 1.82) is 0 Å². The van der Waals surface area contributed by atoms with E-state index in [4.69, 9.17) is 14.2 Å². The number of ether oxygens (including phenoxy) is 3. The Balaban J connectivity index is 2.72. The molecule has 0 fully saturated rings. The topological polar surface area (TPSA) is 73.9 Å². The average molecular weight is 355 g/mol. The molecular formula is C17H25NO5S. The molecule has 0 aromatic heterocycles. The number of carbonyl (C=O) groups excluding carboxylic acids is 2. The normalized spacial score (nSPS) is 12.2. The van der Waals surface area contributed by atoms with Gasteiger partial charge in [0, 0.05) is 6.42 Å². The highest BCUT2D eigenvalue weighted by atomic mass is 32.2. The molecule has 6 nitrogen and oxygen atoms in total. The number of carbonyl (C=O) groups is 2. The van der Waals surface area contributed by atoms with Gasteiger partial charge >= 0.3 is 12.1 Å². The first-order valence-corrected chi connectivity index (χ1v) is 8.92. The van der Waals surface area contributed by atoms with Crippen LogP contribution in [0.1, 0.15) is 26.3 Å². The summed E-state index contributed by atoms with van der Waals surface area (Å²) in [6, 6.07) is 6.54. The second-order valence-electron chi connectivity index (χ2n) is 6.12. The Morgan fingerprint density at radius 1 is 1.21 bits per heavy atom. The van der Waals surface area contributed by atoms with E-state index < -0.39 is 23.7 Å². The van der Waals surface area contributed by atoms with Crippen LogP contribution in [0.15, 0.2) is 24.3 Å². The van der Waals surface area contributed by atoms with Gasteiger partial charge < -0.3 is 19.5 Å². The molecular weight excluding hydrogens is 330 g/mol. The number of hydrogen-bond acceptors (Lipinski definition) is 6. The number of rotatable bonds is 7. The van der Waals surface area contributed by atoms with Crippen molar-refractivity contribution in [2.75, 3.05) is 19.3 Å². The summed E-state index contributed by atoms with van der Waals surface area (Å²) >= 11 is 1.58.